The molecule has 1 fully saturated rings. The highest BCUT2D eigenvalue weighted by Crippen LogP contribution is 2.23. The van der Waals surface area contributed by atoms with E-state index in [1.54, 1.807) is 12.4 Å². The van der Waals surface area contributed by atoms with Crippen molar-refractivity contribution < 1.29 is 9.90 Å². The second-order valence-corrected chi connectivity index (χ2v) is 6.67. The van der Waals surface area contributed by atoms with Gasteiger partial charge in [-0.2, -0.15) is 0 Å². The van der Waals surface area contributed by atoms with Crippen molar-refractivity contribution in [3.05, 3.63) is 66.0 Å². The molecule has 132 valence electrons. The molecule has 1 aliphatic rings. The Morgan fingerprint density at radius 1 is 1.32 bits per heavy atom. The Morgan fingerprint density at radius 2 is 2.12 bits per heavy atom. The molecule has 25 heavy (non-hydrogen) atoms. The summed E-state index contributed by atoms with van der Waals surface area (Å²) in [7, 11) is 1.86. The van der Waals surface area contributed by atoms with Crippen LogP contribution < -0.4 is 0 Å². The summed E-state index contributed by atoms with van der Waals surface area (Å²) in [4.78, 5) is 20.9. The normalized spacial score (nSPS) is 18.9. The molecule has 2 aromatic rings. The number of nitrogens with zero attached hydrogens (tertiary/aromatic N) is 3. The zero-order chi connectivity index (χ0) is 17.6. The predicted octanol–water partition coefficient (Wildman–Crippen LogP) is 1.89. The highest BCUT2D eigenvalue weighted by molar-refractivity contribution is 5.79. The van der Waals surface area contributed by atoms with E-state index in [0.29, 0.717) is 13.0 Å². The number of aromatic nitrogens is 1. The van der Waals surface area contributed by atoms with Crippen LogP contribution in [-0.4, -0.2) is 58.6 Å². The number of β-amino-alcohol motifs (C(OH)–C–C–N with tert-alkyl or cyclic N) is 1. The molecule has 5 nitrogen and oxygen atoms in total. The number of amides is 1. The van der Waals surface area contributed by atoms with E-state index in [2.05, 4.69) is 22.0 Å². The van der Waals surface area contributed by atoms with Gasteiger partial charge >= 0.3 is 0 Å². The smallest absolute Gasteiger partial charge is 0.227 e. The number of aliphatic hydroxyl groups is 1. The van der Waals surface area contributed by atoms with E-state index in [9.17, 15) is 9.90 Å². The Bertz CT molecular complexity index is 678. The molecule has 0 spiro atoms. The van der Waals surface area contributed by atoms with Gasteiger partial charge in [0.15, 0.2) is 0 Å². The third-order valence-electron chi connectivity index (χ3n) is 4.80. The number of likely N-dealkylation sites (tertiary alicyclic amines) is 1. The lowest BCUT2D eigenvalue weighted by Crippen LogP contribution is -2.39. The van der Waals surface area contributed by atoms with Crippen molar-refractivity contribution in [1.82, 2.24) is 14.8 Å². The van der Waals surface area contributed by atoms with E-state index >= 15 is 0 Å². The third-order valence-corrected chi connectivity index (χ3v) is 4.80. The lowest BCUT2D eigenvalue weighted by molar-refractivity contribution is -0.131. The first kappa shape index (κ1) is 17.6. The van der Waals surface area contributed by atoms with Gasteiger partial charge in [0, 0.05) is 39.1 Å². The van der Waals surface area contributed by atoms with Crippen LogP contribution in [0.5, 0.6) is 0 Å². The minimum Gasteiger partial charge on any atom is -0.392 e. The topological polar surface area (TPSA) is 56.7 Å². The maximum absolute atomic E-state index is 12.8. The fourth-order valence-electron chi connectivity index (χ4n) is 3.33. The first-order valence-corrected chi connectivity index (χ1v) is 8.73. The molecular formula is C20H25N3O2. The van der Waals surface area contributed by atoms with Crippen molar-refractivity contribution >= 4 is 5.91 Å². The molecule has 2 unspecified atom stereocenters. The predicted molar refractivity (Wildman–Crippen MR) is 97.0 cm³/mol. The highest BCUT2D eigenvalue weighted by atomic mass is 16.3. The van der Waals surface area contributed by atoms with Crippen LogP contribution in [0, 0.1) is 0 Å². The van der Waals surface area contributed by atoms with Gasteiger partial charge in [-0.3, -0.25) is 14.7 Å². The van der Waals surface area contributed by atoms with Gasteiger partial charge in [0.25, 0.3) is 0 Å². The second kappa shape index (κ2) is 8.23. The molecule has 1 aromatic heterocycles. The number of hydrogen-bond acceptors (Lipinski definition) is 4. The number of carbonyl (C=O) groups is 1. The summed E-state index contributed by atoms with van der Waals surface area (Å²) < 4.78 is 0. The van der Waals surface area contributed by atoms with Crippen LogP contribution >= 0.6 is 0 Å². The summed E-state index contributed by atoms with van der Waals surface area (Å²) in [5, 5.41) is 9.80. The molecule has 0 radical (unpaired) electrons. The lowest BCUT2D eigenvalue weighted by Gasteiger charge is -2.32. The molecule has 5 heteroatoms. The Labute approximate surface area is 148 Å². The third kappa shape index (κ3) is 4.65. The van der Waals surface area contributed by atoms with E-state index in [-0.39, 0.29) is 18.1 Å². The number of carbonyl (C=O) groups excluding carboxylic acids is 1. The van der Waals surface area contributed by atoms with E-state index in [0.717, 1.165) is 30.6 Å². The van der Waals surface area contributed by atoms with Crippen molar-refractivity contribution in [2.75, 3.05) is 26.7 Å². The zero-order valence-corrected chi connectivity index (χ0v) is 14.6. The van der Waals surface area contributed by atoms with Crippen LogP contribution in [-0.2, 0) is 11.2 Å². The van der Waals surface area contributed by atoms with Crippen LogP contribution in [0.1, 0.15) is 23.6 Å². The number of rotatable bonds is 6. The van der Waals surface area contributed by atoms with Crippen LogP contribution in [0.2, 0.25) is 0 Å². The van der Waals surface area contributed by atoms with Gasteiger partial charge in [0.1, 0.15) is 0 Å². The van der Waals surface area contributed by atoms with Gasteiger partial charge in [0.2, 0.25) is 5.91 Å². The van der Waals surface area contributed by atoms with Gasteiger partial charge in [-0.1, -0.05) is 36.4 Å². The summed E-state index contributed by atoms with van der Waals surface area (Å²) >= 11 is 0. The van der Waals surface area contributed by atoms with Crippen LogP contribution in [0.25, 0.3) is 0 Å². The van der Waals surface area contributed by atoms with Crippen LogP contribution in [0.3, 0.4) is 0 Å². The molecule has 2 heterocycles. The maximum atomic E-state index is 12.8. The molecule has 0 bridgehead atoms. The van der Waals surface area contributed by atoms with Crippen molar-refractivity contribution in [1.29, 1.82) is 0 Å². The molecule has 1 aliphatic heterocycles. The second-order valence-electron chi connectivity index (χ2n) is 6.67. The number of pyridine rings is 1. The van der Waals surface area contributed by atoms with Gasteiger partial charge in [-0.25, -0.2) is 0 Å². The highest BCUT2D eigenvalue weighted by Gasteiger charge is 2.28. The minimum atomic E-state index is -0.257. The average molecular weight is 339 g/mol. The Morgan fingerprint density at radius 3 is 2.76 bits per heavy atom. The summed E-state index contributed by atoms with van der Waals surface area (Å²) in [6.45, 7) is 2.28. The first-order valence-electron chi connectivity index (χ1n) is 8.73. The first-order chi connectivity index (χ1) is 12.1. The molecule has 1 amide bonds. The monoisotopic (exact) mass is 339 g/mol. The summed E-state index contributed by atoms with van der Waals surface area (Å²) in [6, 6.07) is 13.8. The van der Waals surface area contributed by atoms with Gasteiger partial charge < -0.3 is 10.0 Å². The molecule has 1 N–H and O–H groups in total. The fourth-order valence-corrected chi connectivity index (χ4v) is 3.33. The van der Waals surface area contributed by atoms with E-state index in [1.165, 1.54) is 0 Å². The zero-order valence-electron chi connectivity index (χ0n) is 14.6. The summed E-state index contributed by atoms with van der Waals surface area (Å²) in [5.74, 6) is 0.0709. The quantitative estimate of drug-likeness (QED) is 0.873. The fraction of sp³-hybridized carbons (Fsp3) is 0.400. The largest absolute Gasteiger partial charge is 0.392 e. The number of aliphatic hydroxyl groups excluding tert-OH is 1. The van der Waals surface area contributed by atoms with Gasteiger partial charge in [-0.15, -0.1) is 0 Å². The number of benzene rings is 1. The Kier molecular flexibility index (Phi) is 5.79. The number of hydrogen-bond donors (Lipinski definition) is 1. The van der Waals surface area contributed by atoms with E-state index < -0.39 is 0 Å². The van der Waals surface area contributed by atoms with Crippen molar-refractivity contribution in [2.24, 2.45) is 0 Å². The Hall–Kier alpha value is -2.24. The molecule has 1 aromatic carbocycles. The average Bonchev–Trinajstić information content (AvgIpc) is 3.05. The van der Waals surface area contributed by atoms with Crippen molar-refractivity contribution in [3.8, 4) is 0 Å². The SMILES string of the molecule is CN(C(=O)Cc1cccnc1)C(CN1CCC(O)C1)c1ccccc1. The summed E-state index contributed by atoms with van der Waals surface area (Å²) in [6.07, 6.45) is 4.34. The maximum Gasteiger partial charge on any atom is 0.227 e. The minimum absolute atomic E-state index is 0.0318. The molecule has 3 rings (SSSR count). The number of likely N-dealkylation sites (N-methyl/N-ethyl adjacent to an activating group) is 1. The van der Waals surface area contributed by atoms with Crippen molar-refractivity contribution in [2.45, 2.75) is 25.0 Å². The standard InChI is InChI=1S/C20H25N3O2/c1-22(20(25)12-16-6-5-10-21-13-16)19(17-7-3-2-4-8-17)15-23-11-9-18(24)14-23/h2-8,10,13,18-19,24H,9,11-12,14-15H2,1H3. The van der Waals surface area contributed by atoms with E-state index in [1.807, 2.05) is 42.3 Å². The molecule has 1 saturated heterocycles. The molecule has 0 saturated carbocycles. The van der Waals surface area contributed by atoms with Crippen LogP contribution in [0.4, 0.5) is 0 Å². The Balaban J connectivity index is 1.74. The molecule has 0 aliphatic carbocycles. The summed E-state index contributed by atoms with van der Waals surface area (Å²) in [5.41, 5.74) is 2.04. The van der Waals surface area contributed by atoms with Crippen LogP contribution in [0.15, 0.2) is 54.9 Å². The molecule has 2 atom stereocenters. The molecular weight excluding hydrogens is 314 g/mol. The van der Waals surface area contributed by atoms with Gasteiger partial charge in [-0.05, 0) is 23.6 Å². The lowest BCUT2D eigenvalue weighted by atomic mass is 10.0. The van der Waals surface area contributed by atoms with E-state index in [4.69, 9.17) is 0 Å². The van der Waals surface area contributed by atoms with Crippen molar-refractivity contribution in [3.63, 3.8) is 0 Å². The van der Waals surface area contributed by atoms with Gasteiger partial charge in [0.05, 0.1) is 18.6 Å².